The normalized spacial score (nSPS) is 19.4. The van der Waals surface area contributed by atoms with Gasteiger partial charge in [-0.05, 0) is 19.3 Å². The molecule has 0 aromatic rings. The van der Waals surface area contributed by atoms with Gasteiger partial charge in [-0.1, -0.05) is 19.8 Å². The lowest BCUT2D eigenvalue weighted by Gasteiger charge is -2.27. The van der Waals surface area contributed by atoms with E-state index < -0.39 is 10.8 Å². The van der Waals surface area contributed by atoms with Gasteiger partial charge in [0.1, 0.15) is 5.25 Å². The molecule has 1 fully saturated rings. The Morgan fingerprint density at radius 3 is 2.71 bits per heavy atom. The Morgan fingerprint density at radius 1 is 1.47 bits per heavy atom. The van der Waals surface area contributed by atoms with Gasteiger partial charge in [-0.25, -0.2) is 0 Å². The molecule has 1 heterocycles. The van der Waals surface area contributed by atoms with Gasteiger partial charge in [-0.3, -0.25) is 9.00 Å². The zero-order chi connectivity index (χ0) is 12.7. The van der Waals surface area contributed by atoms with Crippen LogP contribution in [0.5, 0.6) is 0 Å². The second kappa shape index (κ2) is 7.82. The van der Waals surface area contributed by atoms with Crippen molar-refractivity contribution in [2.24, 2.45) is 5.92 Å². The molecule has 0 aromatic carbocycles. The zero-order valence-electron chi connectivity index (χ0n) is 10.8. The summed E-state index contributed by atoms with van der Waals surface area (Å²) in [6, 6.07) is 0. The number of unbranched alkanes of at least 4 members (excludes halogenated alkanes) is 2. The first kappa shape index (κ1) is 14.6. The number of amides is 1. The van der Waals surface area contributed by atoms with Crippen molar-refractivity contribution in [3.05, 3.63) is 0 Å². The lowest BCUT2D eigenvalue weighted by Crippen LogP contribution is -2.47. The summed E-state index contributed by atoms with van der Waals surface area (Å²) in [7, 11) is -1.03. The van der Waals surface area contributed by atoms with Crippen molar-refractivity contribution in [1.29, 1.82) is 0 Å². The number of hydrogen-bond donors (Lipinski definition) is 2. The summed E-state index contributed by atoms with van der Waals surface area (Å²) in [6.07, 6.45) is 3.28. The van der Waals surface area contributed by atoms with Crippen LogP contribution in [0.25, 0.3) is 0 Å². The van der Waals surface area contributed by atoms with E-state index in [9.17, 15) is 9.00 Å². The Morgan fingerprint density at radius 2 is 2.18 bits per heavy atom. The molecule has 0 saturated carbocycles. The Hall–Kier alpha value is -0.420. The molecule has 0 bridgehead atoms. The maximum atomic E-state index is 11.9. The first-order valence-corrected chi connectivity index (χ1v) is 7.89. The Balaban J connectivity index is 2.17. The van der Waals surface area contributed by atoms with Crippen molar-refractivity contribution in [2.45, 2.75) is 38.4 Å². The highest BCUT2D eigenvalue weighted by Gasteiger charge is 2.25. The van der Waals surface area contributed by atoms with Crippen molar-refractivity contribution >= 4 is 16.7 Å². The predicted octanol–water partition coefficient (Wildman–Crippen LogP) is 0.649. The van der Waals surface area contributed by atoms with Gasteiger partial charge in [-0.15, -0.1) is 0 Å². The molecule has 100 valence electrons. The number of carbonyl (C=O) groups is 1. The predicted molar refractivity (Wildman–Crippen MR) is 71.4 cm³/mol. The molecule has 1 rings (SSSR count). The van der Waals surface area contributed by atoms with Crippen molar-refractivity contribution in [1.82, 2.24) is 10.6 Å². The first-order chi connectivity index (χ1) is 8.15. The van der Waals surface area contributed by atoms with E-state index >= 15 is 0 Å². The maximum absolute atomic E-state index is 11.9. The highest BCUT2D eigenvalue weighted by atomic mass is 32.2. The second-order valence-electron chi connectivity index (χ2n) is 4.71. The molecule has 1 amide bonds. The molecule has 4 nitrogen and oxygen atoms in total. The van der Waals surface area contributed by atoms with Crippen LogP contribution in [0.15, 0.2) is 0 Å². The molecule has 0 aromatic heterocycles. The SMILES string of the molecule is CCCCCNC(=O)C(C)S(=O)CC1CNC1. The Kier molecular flexibility index (Phi) is 6.73. The third-order valence-corrected chi connectivity index (χ3v) is 4.91. The Labute approximate surface area is 106 Å². The third-order valence-electron chi connectivity index (χ3n) is 3.11. The molecule has 0 radical (unpaired) electrons. The van der Waals surface area contributed by atoms with E-state index in [2.05, 4.69) is 17.6 Å². The van der Waals surface area contributed by atoms with Crippen LogP contribution in [0, 0.1) is 5.92 Å². The quantitative estimate of drug-likeness (QED) is 0.630. The van der Waals surface area contributed by atoms with Crippen LogP contribution in [-0.2, 0) is 15.6 Å². The average Bonchev–Trinajstić information content (AvgIpc) is 2.27. The largest absolute Gasteiger partial charge is 0.355 e. The molecular weight excluding hydrogens is 236 g/mol. The highest BCUT2D eigenvalue weighted by Crippen LogP contribution is 2.08. The second-order valence-corrected chi connectivity index (χ2v) is 6.51. The fraction of sp³-hybridized carbons (Fsp3) is 0.917. The van der Waals surface area contributed by atoms with Crippen molar-refractivity contribution < 1.29 is 9.00 Å². The molecule has 1 aliphatic heterocycles. The van der Waals surface area contributed by atoms with Crippen LogP contribution in [0.1, 0.15) is 33.1 Å². The third kappa shape index (κ3) is 5.17. The fourth-order valence-electron chi connectivity index (χ4n) is 1.69. The number of nitrogens with one attached hydrogen (secondary N) is 2. The van der Waals surface area contributed by atoms with Gasteiger partial charge in [0.05, 0.1) is 0 Å². The lowest BCUT2D eigenvalue weighted by atomic mass is 10.1. The van der Waals surface area contributed by atoms with Gasteiger partial charge in [0.2, 0.25) is 5.91 Å². The summed E-state index contributed by atoms with van der Waals surface area (Å²) >= 11 is 0. The summed E-state index contributed by atoms with van der Waals surface area (Å²) < 4.78 is 11.9. The molecule has 5 heteroatoms. The van der Waals surface area contributed by atoms with Crippen LogP contribution >= 0.6 is 0 Å². The first-order valence-electron chi connectivity index (χ1n) is 6.50. The van der Waals surface area contributed by atoms with Crippen molar-refractivity contribution in [3.8, 4) is 0 Å². The Bertz CT molecular complexity index is 267. The van der Waals surface area contributed by atoms with E-state index in [4.69, 9.17) is 0 Å². The monoisotopic (exact) mass is 260 g/mol. The van der Waals surface area contributed by atoms with E-state index in [1.54, 1.807) is 6.92 Å². The molecule has 0 spiro atoms. The minimum absolute atomic E-state index is 0.0632. The summed E-state index contributed by atoms with van der Waals surface area (Å²) in [5, 5.41) is 5.63. The number of rotatable bonds is 8. The zero-order valence-corrected chi connectivity index (χ0v) is 11.6. The van der Waals surface area contributed by atoms with Gasteiger partial charge in [0.15, 0.2) is 0 Å². The topological polar surface area (TPSA) is 58.2 Å². The lowest BCUT2D eigenvalue weighted by molar-refractivity contribution is -0.120. The van der Waals surface area contributed by atoms with Crippen LogP contribution in [0.4, 0.5) is 0 Å². The minimum Gasteiger partial charge on any atom is -0.355 e. The van der Waals surface area contributed by atoms with E-state index in [-0.39, 0.29) is 11.2 Å². The van der Waals surface area contributed by atoms with E-state index in [1.165, 1.54) is 0 Å². The van der Waals surface area contributed by atoms with Crippen molar-refractivity contribution in [2.75, 3.05) is 25.4 Å². The molecule has 2 N–H and O–H groups in total. The highest BCUT2D eigenvalue weighted by molar-refractivity contribution is 7.86. The van der Waals surface area contributed by atoms with Gasteiger partial charge in [0, 0.05) is 36.2 Å². The fourth-order valence-corrected chi connectivity index (χ4v) is 3.00. The molecular formula is C12H24N2O2S. The molecule has 1 saturated heterocycles. The van der Waals surface area contributed by atoms with Crippen LogP contribution < -0.4 is 10.6 Å². The molecule has 2 unspecified atom stereocenters. The van der Waals surface area contributed by atoms with Crippen LogP contribution in [0.2, 0.25) is 0 Å². The summed E-state index contributed by atoms with van der Waals surface area (Å²) in [5.74, 6) is 1.08. The molecule has 1 aliphatic rings. The minimum atomic E-state index is -1.03. The van der Waals surface area contributed by atoms with Crippen molar-refractivity contribution in [3.63, 3.8) is 0 Å². The van der Waals surface area contributed by atoms with Gasteiger partial charge in [0.25, 0.3) is 0 Å². The van der Waals surface area contributed by atoms with E-state index in [0.29, 0.717) is 18.2 Å². The van der Waals surface area contributed by atoms with E-state index in [0.717, 1.165) is 32.4 Å². The maximum Gasteiger partial charge on any atom is 0.235 e. The van der Waals surface area contributed by atoms with E-state index in [1.807, 2.05) is 0 Å². The van der Waals surface area contributed by atoms with Gasteiger partial charge in [-0.2, -0.15) is 0 Å². The summed E-state index contributed by atoms with van der Waals surface area (Å²) in [5.41, 5.74) is 0. The van der Waals surface area contributed by atoms with Gasteiger partial charge < -0.3 is 10.6 Å². The van der Waals surface area contributed by atoms with Gasteiger partial charge >= 0.3 is 0 Å². The van der Waals surface area contributed by atoms with Crippen LogP contribution in [-0.4, -0.2) is 40.8 Å². The summed E-state index contributed by atoms with van der Waals surface area (Å²) in [4.78, 5) is 11.7. The smallest absolute Gasteiger partial charge is 0.235 e. The molecule has 17 heavy (non-hydrogen) atoms. The average molecular weight is 260 g/mol. The summed E-state index contributed by atoms with van der Waals surface area (Å²) in [6.45, 7) is 6.48. The molecule has 2 atom stereocenters. The molecule has 0 aliphatic carbocycles. The van der Waals surface area contributed by atoms with Crippen LogP contribution in [0.3, 0.4) is 0 Å². The number of carbonyl (C=O) groups excluding carboxylic acids is 1. The standard InChI is InChI=1S/C12H24N2O2S/c1-3-4-5-6-14-12(15)10(2)17(16)9-11-7-13-8-11/h10-11,13H,3-9H2,1-2H3,(H,14,15). The number of hydrogen-bond acceptors (Lipinski definition) is 3.